The highest BCUT2D eigenvalue weighted by molar-refractivity contribution is 6.44. The summed E-state index contributed by atoms with van der Waals surface area (Å²) in [4.78, 5) is 0. The summed E-state index contributed by atoms with van der Waals surface area (Å²) in [6.45, 7) is 2.23. The van der Waals surface area contributed by atoms with E-state index in [9.17, 15) is 0 Å². The average Bonchev–Trinajstić information content (AvgIpc) is 3.55. The quantitative estimate of drug-likeness (QED) is 0.191. The van der Waals surface area contributed by atoms with Gasteiger partial charge in [-0.1, -0.05) is 133 Å². The zero-order chi connectivity index (χ0) is 28.2. The molecule has 0 radical (unpaired) electrons. The Hall–Kier alpha value is -5.46. The Morgan fingerprint density at radius 2 is 0.860 bits per heavy atom. The lowest BCUT2D eigenvalue weighted by Gasteiger charge is -2.19. The van der Waals surface area contributed by atoms with Crippen molar-refractivity contribution in [1.29, 1.82) is 0 Å². The Balaban J connectivity index is 1.62. The molecule has 0 saturated carbocycles. The van der Waals surface area contributed by atoms with Crippen LogP contribution in [0.25, 0.3) is 97.7 Å². The van der Waals surface area contributed by atoms with Crippen molar-refractivity contribution in [2.45, 2.75) is 6.92 Å². The van der Waals surface area contributed by atoms with Gasteiger partial charge in [-0.3, -0.25) is 0 Å². The summed E-state index contributed by atoms with van der Waals surface area (Å²) in [5.41, 5.74) is 6.50. The normalized spacial score (nSPS) is 12.3. The van der Waals surface area contributed by atoms with Gasteiger partial charge in [0.1, 0.15) is 0 Å². The van der Waals surface area contributed by atoms with E-state index in [0.717, 1.165) is 0 Å². The molecule has 0 aliphatic heterocycles. The first-order valence-electron chi connectivity index (χ1n) is 15.1. The summed E-state index contributed by atoms with van der Waals surface area (Å²) < 4.78 is 0. The largest absolute Gasteiger partial charge is 0.0622 e. The molecule has 0 fully saturated rings. The Bertz CT molecular complexity index is 2700. The maximum atomic E-state index is 2.51. The van der Waals surface area contributed by atoms with Crippen LogP contribution < -0.4 is 0 Å². The molecule has 43 heavy (non-hydrogen) atoms. The molecule has 0 unspecified atom stereocenters. The number of hydrogen-bond acceptors (Lipinski definition) is 0. The molecule has 0 atom stereocenters. The van der Waals surface area contributed by atoms with Crippen LogP contribution in [0.1, 0.15) is 5.56 Å². The number of hydrogen-bond donors (Lipinski definition) is 0. The van der Waals surface area contributed by atoms with Gasteiger partial charge >= 0.3 is 0 Å². The summed E-state index contributed by atoms with van der Waals surface area (Å²) in [5.74, 6) is 0. The molecule has 10 rings (SSSR count). The SMILES string of the molecule is Cc1cc2cccc3c4c(-c5ccccc5)c5cc6c7ccccc7c7cccc(c5c(-c5ccccc5)c4c(c1)c23)c76. The van der Waals surface area contributed by atoms with Crippen molar-refractivity contribution in [1.82, 2.24) is 0 Å². The first kappa shape index (κ1) is 23.1. The molecular formula is C43H26. The van der Waals surface area contributed by atoms with Crippen LogP contribution in [0, 0.1) is 6.92 Å². The Kier molecular flexibility index (Phi) is 4.47. The number of fused-ring (bicyclic) bond motifs is 8. The lowest BCUT2D eigenvalue weighted by Crippen LogP contribution is -1.91. The van der Waals surface area contributed by atoms with Crippen molar-refractivity contribution in [3.8, 4) is 22.3 Å². The molecule has 0 amide bonds. The van der Waals surface area contributed by atoms with Crippen LogP contribution in [-0.4, -0.2) is 0 Å². The van der Waals surface area contributed by atoms with Crippen molar-refractivity contribution in [2.24, 2.45) is 0 Å². The van der Waals surface area contributed by atoms with Crippen molar-refractivity contribution in [2.75, 3.05) is 0 Å². The van der Waals surface area contributed by atoms with Gasteiger partial charge in [0, 0.05) is 0 Å². The second-order valence-corrected chi connectivity index (χ2v) is 12.1. The van der Waals surface area contributed by atoms with Crippen molar-refractivity contribution in [3.05, 3.63) is 145 Å². The van der Waals surface area contributed by atoms with Gasteiger partial charge in [0.15, 0.2) is 0 Å². The van der Waals surface area contributed by atoms with Crippen LogP contribution in [0.15, 0.2) is 140 Å². The molecule has 0 spiro atoms. The zero-order valence-electron chi connectivity index (χ0n) is 23.8. The van der Waals surface area contributed by atoms with E-state index in [2.05, 4.69) is 146 Å². The lowest BCUT2D eigenvalue weighted by molar-refractivity contribution is 1.53. The van der Waals surface area contributed by atoms with Crippen molar-refractivity contribution in [3.63, 3.8) is 0 Å². The first-order chi connectivity index (χ1) is 21.3. The molecule has 0 heterocycles. The molecule has 0 saturated heterocycles. The molecule has 0 nitrogen and oxygen atoms in total. The Labute approximate surface area is 249 Å². The number of benzene rings is 8. The topological polar surface area (TPSA) is 0 Å². The molecule has 0 aliphatic rings. The van der Waals surface area contributed by atoms with Crippen LogP contribution in [0.3, 0.4) is 0 Å². The fourth-order valence-corrected chi connectivity index (χ4v) is 8.17. The van der Waals surface area contributed by atoms with E-state index in [1.54, 1.807) is 0 Å². The van der Waals surface area contributed by atoms with Gasteiger partial charge in [0.25, 0.3) is 0 Å². The van der Waals surface area contributed by atoms with E-state index in [-0.39, 0.29) is 0 Å². The predicted octanol–water partition coefficient (Wildman–Crippen LogP) is 12.3. The van der Waals surface area contributed by atoms with Gasteiger partial charge < -0.3 is 0 Å². The molecule has 0 aromatic heterocycles. The third kappa shape index (κ3) is 2.95. The molecule has 10 aromatic rings. The fourth-order valence-electron chi connectivity index (χ4n) is 8.17. The van der Waals surface area contributed by atoms with Crippen LogP contribution in [-0.2, 0) is 0 Å². The van der Waals surface area contributed by atoms with Gasteiger partial charge in [-0.15, -0.1) is 0 Å². The highest BCUT2D eigenvalue weighted by Crippen LogP contribution is 2.54. The standard InChI is InChI=1S/C43H26/c1-25-22-28-16-10-20-32-37(28)35(23-25)43-39(27-14-6-3-7-15-27)41-33-21-11-19-31-29-17-8-9-18-30(29)34(40(31)33)24-36(41)38(42(32)43)26-12-4-2-5-13-26/h2-24H,1H3. The Morgan fingerprint density at radius 3 is 1.60 bits per heavy atom. The van der Waals surface area contributed by atoms with E-state index in [1.807, 2.05) is 0 Å². The molecular weight excluding hydrogens is 516 g/mol. The third-order valence-electron chi connectivity index (χ3n) is 9.72. The van der Waals surface area contributed by atoms with Crippen LogP contribution in [0.5, 0.6) is 0 Å². The number of rotatable bonds is 2. The second-order valence-electron chi connectivity index (χ2n) is 12.1. The van der Waals surface area contributed by atoms with E-state index in [4.69, 9.17) is 0 Å². The highest BCUT2D eigenvalue weighted by Gasteiger charge is 2.26. The third-order valence-corrected chi connectivity index (χ3v) is 9.72. The highest BCUT2D eigenvalue weighted by atomic mass is 14.3. The summed E-state index contributed by atoms with van der Waals surface area (Å²) >= 11 is 0. The van der Waals surface area contributed by atoms with E-state index >= 15 is 0 Å². The second kappa shape index (κ2) is 8.31. The van der Waals surface area contributed by atoms with Crippen LogP contribution in [0.4, 0.5) is 0 Å². The molecule has 0 bridgehead atoms. The van der Waals surface area contributed by atoms with Crippen LogP contribution in [0.2, 0.25) is 0 Å². The van der Waals surface area contributed by atoms with E-state index in [1.165, 1.54) is 103 Å². The van der Waals surface area contributed by atoms with E-state index < -0.39 is 0 Å². The molecule has 0 aliphatic carbocycles. The maximum Gasteiger partial charge on any atom is -0.000709 e. The number of aryl methyl sites for hydroxylation is 1. The molecule has 198 valence electrons. The minimum atomic E-state index is 1.26. The van der Waals surface area contributed by atoms with Crippen molar-refractivity contribution >= 4 is 75.4 Å². The van der Waals surface area contributed by atoms with Crippen LogP contribution >= 0.6 is 0 Å². The van der Waals surface area contributed by atoms with Gasteiger partial charge in [0.2, 0.25) is 0 Å². The molecule has 0 N–H and O–H groups in total. The fraction of sp³-hybridized carbons (Fsp3) is 0.0233. The lowest BCUT2D eigenvalue weighted by atomic mass is 9.84. The smallest absolute Gasteiger partial charge is 0.000709 e. The zero-order valence-corrected chi connectivity index (χ0v) is 23.8. The van der Waals surface area contributed by atoms with Crippen molar-refractivity contribution < 1.29 is 0 Å². The first-order valence-corrected chi connectivity index (χ1v) is 15.1. The monoisotopic (exact) mass is 542 g/mol. The Morgan fingerprint density at radius 1 is 0.302 bits per heavy atom. The minimum Gasteiger partial charge on any atom is -0.0622 e. The van der Waals surface area contributed by atoms with Gasteiger partial charge in [-0.2, -0.15) is 0 Å². The molecule has 10 aromatic carbocycles. The molecule has 0 heteroatoms. The van der Waals surface area contributed by atoms with Gasteiger partial charge in [-0.25, -0.2) is 0 Å². The van der Waals surface area contributed by atoms with Gasteiger partial charge in [-0.05, 0) is 116 Å². The van der Waals surface area contributed by atoms with E-state index in [0.29, 0.717) is 0 Å². The average molecular weight is 543 g/mol. The predicted molar refractivity (Wildman–Crippen MR) is 187 cm³/mol. The summed E-state index contributed by atoms with van der Waals surface area (Å²) in [7, 11) is 0. The summed E-state index contributed by atoms with van der Waals surface area (Å²) in [6, 6.07) is 52.1. The summed E-state index contributed by atoms with van der Waals surface area (Å²) in [6.07, 6.45) is 0. The maximum absolute atomic E-state index is 2.51. The minimum absolute atomic E-state index is 1.26. The van der Waals surface area contributed by atoms with Gasteiger partial charge in [0.05, 0.1) is 0 Å². The summed E-state index contributed by atoms with van der Waals surface area (Å²) in [5, 5.41) is 18.8.